The second-order valence-corrected chi connectivity index (χ2v) is 7.45. The van der Waals surface area contributed by atoms with Gasteiger partial charge in [0, 0.05) is 25.6 Å². The molecule has 0 saturated carbocycles. The molecule has 32 heavy (non-hydrogen) atoms. The SMILES string of the molecule is C=C(C=O)C(=C)OC(=O)[C@H](Cc1ccc(OC)cc1)N(C)C(=O)[C@@H]1CCCN1C(=O)CN. The highest BCUT2D eigenvalue weighted by molar-refractivity contribution is 5.92. The van der Waals surface area contributed by atoms with Gasteiger partial charge in [-0.2, -0.15) is 0 Å². The third-order valence-electron chi connectivity index (χ3n) is 5.43. The van der Waals surface area contributed by atoms with Crippen LogP contribution in [-0.4, -0.2) is 73.2 Å². The van der Waals surface area contributed by atoms with E-state index in [1.807, 2.05) is 0 Å². The van der Waals surface area contributed by atoms with Crippen LogP contribution in [0.15, 0.2) is 48.8 Å². The van der Waals surface area contributed by atoms with Gasteiger partial charge >= 0.3 is 5.97 Å². The molecule has 1 heterocycles. The molecule has 0 aliphatic carbocycles. The van der Waals surface area contributed by atoms with Crippen LogP contribution in [0.25, 0.3) is 0 Å². The highest BCUT2D eigenvalue weighted by atomic mass is 16.5. The number of nitrogens with zero attached hydrogens (tertiary/aromatic N) is 2. The van der Waals surface area contributed by atoms with Gasteiger partial charge in [-0.25, -0.2) is 4.79 Å². The maximum atomic E-state index is 13.3. The van der Waals surface area contributed by atoms with Crippen molar-refractivity contribution in [3.63, 3.8) is 0 Å². The Morgan fingerprint density at radius 2 is 1.94 bits per heavy atom. The third kappa shape index (κ3) is 5.82. The van der Waals surface area contributed by atoms with Gasteiger partial charge < -0.3 is 25.0 Å². The zero-order chi connectivity index (χ0) is 23.8. The van der Waals surface area contributed by atoms with E-state index < -0.39 is 18.1 Å². The van der Waals surface area contributed by atoms with E-state index in [1.54, 1.807) is 31.4 Å². The number of allylic oxidation sites excluding steroid dienone is 1. The summed E-state index contributed by atoms with van der Waals surface area (Å²) in [6, 6.07) is 5.31. The predicted octanol–water partition coefficient (Wildman–Crippen LogP) is 0.826. The summed E-state index contributed by atoms with van der Waals surface area (Å²) in [4.78, 5) is 52.0. The molecule has 2 rings (SSSR count). The summed E-state index contributed by atoms with van der Waals surface area (Å²) in [7, 11) is 3.03. The van der Waals surface area contributed by atoms with Gasteiger partial charge in [0.25, 0.3) is 0 Å². The van der Waals surface area contributed by atoms with Crippen molar-refractivity contribution in [2.45, 2.75) is 31.3 Å². The largest absolute Gasteiger partial charge is 0.497 e. The monoisotopic (exact) mass is 443 g/mol. The van der Waals surface area contributed by atoms with Crippen LogP contribution in [-0.2, 0) is 30.3 Å². The lowest BCUT2D eigenvalue weighted by Gasteiger charge is -2.32. The van der Waals surface area contributed by atoms with Crippen molar-refractivity contribution in [2.75, 3.05) is 27.2 Å². The molecule has 0 unspecified atom stereocenters. The van der Waals surface area contributed by atoms with Crippen LogP contribution in [0, 0.1) is 0 Å². The van der Waals surface area contributed by atoms with Crippen molar-refractivity contribution in [3.8, 4) is 5.75 Å². The normalized spacial score (nSPS) is 16.1. The average molecular weight is 444 g/mol. The predicted molar refractivity (Wildman–Crippen MR) is 117 cm³/mol. The van der Waals surface area contributed by atoms with E-state index in [2.05, 4.69) is 13.2 Å². The number of likely N-dealkylation sites (N-methyl/N-ethyl adjacent to an activating group) is 1. The highest BCUT2D eigenvalue weighted by Crippen LogP contribution is 2.22. The summed E-state index contributed by atoms with van der Waals surface area (Å²) < 4.78 is 10.4. The van der Waals surface area contributed by atoms with Gasteiger partial charge in [-0.3, -0.25) is 14.4 Å². The summed E-state index contributed by atoms with van der Waals surface area (Å²) in [5, 5.41) is 0. The highest BCUT2D eigenvalue weighted by Gasteiger charge is 2.39. The van der Waals surface area contributed by atoms with Crippen LogP contribution in [0.4, 0.5) is 0 Å². The third-order valence-corrected chi connectivity index (χ3v) is 5.43. The summed E-state index contributed by atoms with van der Waals surface area (Å²) in [6.07, 6.45) is 1.72. The van der Waals surface area contributed by atoms with E-state index in [9.17, 15) is 19.2 Å². The lowest BCUT2D eigenvalue weighted by atomic mass is 10.0. The molecule has 9 heteroatoms. The van der Waals surface area contributed by atoms with Crippen LogP contribution < -0.4 is 10.5 Å². The summed E-state index contributed by atoms with van der Waals surface area (Å²) >= 11 is 0. The van der Waals surface area contributed by atoms with Crippen molar-refractivity contribution in [3.05, 3.63) is 54.3 Å². The standard InChI is InChI=1S/C23H29N3O6/c1-15(14-27)16(2)32-23(30)20(12-17-7-9-18(31-4)10-8-17)25(3)22(29)19-6-5-11-26(19)21(28)13-24/h7-10,14,19-20H,1-2,5-6,11-13,24H2,3-4H3/t19-,20-/m0/s1. The maximum absolute atomic E-state index is 13.3. The van der Waals surface area contributed by atoms with Crippen molar-refractivity contribution >= 4 is 24.1 Å². The number of nitrogens with two attached hydrogens (primary N) is 1. The Kier molecular flexibility index (Phi) is 8.71. The number of esters is 1. The quantitative estimate of drug-likeness (QED) is 0.187. The van der Waals surface area contributed by atoms with E-state index >= 15 is 0 Å². The first-order valence-electron chi connectivity index (χ1n) is 10.2. The van der Waals surface area contributed by atoms with Crippen molar-refractivity contribution in [1.82, 2.24) is 9.80 Å². The number of methoxy groups -OCH3 is 1. The fraction of sp³-hybridized carbons (Fsp3) is 0.391. The van der Waals surface area contributed by atoms with Crippen molar-refractivity contribution < 1.29 is 28.7 Å². The Balaban J connectivity index is 2.28. The molecule has 1 fully saturated rings. The molecule has 2 atom stereocenters. The van der Waals surface area contributed by atoms with E-state index in [0.29, 0.717) is 31.4 Å². The fourth-order valence-corrected chi connectivity index (χ4v) is 3.51. The number of carbonyl (C=O) groups is 4. The smallest absolute Gasteiger partial charge is 0.334 e. The van der Waals surface area contributed by atoms with Crippen LogP contribution in [0.2, 0.25) is 0 Å². The fourth-order valence-electron chi connectivity index (χ4n) is 3.51. The van der Waals surface area contributed by atoms with Gasteiger partial charge in [-0.05, 0) is 30.5 Å². The lowest BCUT2D eigenvalue weighted by Crippen LogP contribution is -2.53. The number of ether oxygens (including phenoxy) is 2. The van der Waals surface area contributed by atoms with Crippen molar-refractivity contribution in [2.24, 2.45) is 5.73 Å². The number of aldehydes is 1. The van der Waals surface area contributed by atoms with Crippen molar-refractivity contribution in [1.29, 1.82) is 0 Å². The minimum Gasteiger partial charge on any atom is -0.497 e. The topological polar surface area (TPSA) is 119 Å². The molecule has 0 spiro atoms. The second-order valence-electron chi connectivity index (χ2n) is 7.45. The van der Waals surface area contributed by atoms with Crippen LogP contribution in [0.3, 0.4) is 0 Å². The zero-order valence-corrected chi connectivity index (χ0v) is 18.4. The summed E-state index contributed by atoms with van der Waals surface area (Å²) in [5.41, 5.74) is 6.15. The number of benzene rings is 1. The molecule has 2 N–H and O–H groups in total. The summed E-state index contributed by atoms with van der Waals surface area (Å²) in [5.74, 6) is -1.01. The van der Waals surface area contributed by atoms with Crippen LogP contribution in [0.5, 0.6) is 5.75 Å². The first-order valence-corrected chi connectivity index (χ1v) is 10.2. The Labute approximate surface area is 187 Å². The zero-order valence-electron chi connectivity index (χ0n) is 18.4. The average Bonchev–Trinajstić information content (AvgIpc) is 3.30. The minimum absolute atomic E-state index is 0.0777. The van der Waals surface area contributed by atoms with Gasteiger partial charge in [-0.15, -0.1) is 0 Å². The second kappa shape index (κ2) is 11.2. The Morgan fingerprint density at radius 1 is 1.28 bits per heavy atom. The molecule has 0 radical (unpaired) electrons. The number of hydrogen-bond acceptors (Lipinski definition) is 7. The van der Waals surface area contributed by atoms with Gasteiger partial charge in [0.15, 0.2) is 6.29 Å². The molecular weight excluding hydrogens is 414 g/mol. The number of likely N-dealkylation sites (tertiary alicyclic amines) is 1. The first-order chi connectivity index (χ1) is 15.2. The Hall–Kier alpha value is -3.46. The molecule has 9 nitrogen and oxygen atoms in total. The number of hydrogen-bond donors (Lipinski definition) is 1. The number of rotatable bonds is 10. The van der Waals surface area contributed by atoms with Gasteiger partial charge in [0.2, 0.25) is 11.8 Å². The van der Waals surface area contributed by atoms with E-state index in [4.69, 9.17) is 15.2 Å². The van der Waals surface area contributed by atoms with Gasteiger partial charge in [0.1, 0.15) is 23.6 Å². The number of carbonyl (C=O) groups excluding carboxylic acids is 4. The molecular formula is C23H29N3O6. The molecule has 2 amide bonds. The van der Waals surface area contributed by atoms with E-state index in [0.717, 1.165) is 5.56 Å². The number of amides is 2. The molecule has 1 aliphatic rings. The van der Waals surface area contributed by atoms with E-state index in [1.165, 1.54) is 16.8 Å². The molecule has 1 aromatic rings. The molecule has 172 valence electrons. The Morgan fingerprint density at radius 3 is 2.50 bits per heavy atom. The van der Waals surface area contributed by atoms with E-state index in [-0.39, 0.29) is 36.1 Å². The molecule has 1 aliphatic heterocycles. The van der Waals surface area contributed by atoms with Crippen LogP contribution >= 0.6 is 0 Å². The summed E-state index contributed by atoms with van der Waals surface area (Å²) in [6.45, 7) is 7.26. The minimum atomic E-state index is -1.03. The molecule has 0 bridgehead atoms. The Bertz CT molecular complexity index is 895. The van der Waals surface area contributed by atoms with Gasteiger partial charge in [0.05, 0.1) is 13.7 Å². The maximum Gasteiger partial charge on any atom is 0.334 e. The molecule has 1 aromatic carbocycles. The van der Waals surface area contributed by atoms with Crippen LogP contribution in [0.1, 0.15) is 18.4 Å². The lowest BCUT2D eigenvalue weighted by molar-refractivity contribution is -0.153. The molecule has 0 aromatic heterocycles. The van der Waals surface area contributed by atoms with Gasteiger partial charge in [-0.1, -0.05) is 25.3 Å². The molecule has 1 saturated heterocycles. The first kappa shape index (κ1) is 24.8.